The van der Waals surface area contributed by atoms with Gasteiger partial charge in [0, 0.05) is 22.7 Å². The molecule has 0 spiro atoms. The van der Waals surface area contributed by atoms with E-state index in [1.807, 2.05) is 13.8 Å². The molecule has 2 nitrogen and oxygen atoms in total. The number of nitrogens with zero attached hydrogens (tertiary/aromatic N) is 2. The van der Waals surface area contributed by atoms with Crippen LogP contribution in [-0.2, 0) is 6.54 Å². The van der Waals surface area contributed by atoms with Crippen LogP contribution in [-0.4, -0.2) is 4.57 Å². The van der Waals surface area contributed by atoms with E-state index in [4.69, 9.17) is 5.26 Å². The summed E-state index contributed by atoms with van der Waals surface area (Å²) in [5.74, 6) is 0. The molecule has 0 unspecified atom stereocenters. The Kier molecular flexibility index (Phi) is 3.77. The number of nitriles is 1. The van der Waals surface area contributed by atoms with Crippen LogP contribution >= 0.6 is 15.9 Å². The zero-order valence-corrected chi connectivity index (χ0v) is 12.4. The Morgan fingerprint density at radius 1 is 1.33 bits per heavy atom. The van der Waals surface area contributed by atoms with Gasteiger partial charge in [0.1, 0.15) is 0 Å². The van der Waals surface area contributed by atoms with Crippen molar-refractivity contribution in [2.24, 2.45) is 5.41 Å². The van der Waals surface area contributed by atoms with E-state index in [2.05, 4.69) is 57.0 Å². The topological polar surface area (TPSA) is 28.7 Å². The Hall–Kier alpha value is -1.27. The molecule has 0 aliphatic heterocycles. The van der Waals surface area contributed by atoms with E-state index in [-0.39, 0.29) is 5.41 Å². The Labute approximate surface area is 116 Å². The highest BCUT2D eigenvalue weighted by atomic mass is 79.9. The lowest BCUT2D eigenvalue weighted by Gasteiger charge is -2.15. The molecule has 2 aromatic rings. The Morgan fingerprint density at radius 3 is 2.83 bits per heavy atom. The van der Waals surface area contributed by atoms with Crippen molar-refractivity contribution in [2.75, 3.05) is 0 Å². The lowest BCUT2D eigenvalue weighted by molar-refractivity contribution is 0.418. The van der Waals surface area contributed by atoms with E-state index >= 15 is 0 Å². The number of rotatable bonds is 4. The van der Waals surface area contributed by atoms with Gasteiger partial charge in [-0.3, -0.25) is 0 Å². The highest BCUT2D eigenvalue weighted by Crippen LogP contribution is 2.24. The van der Waals surface area contributed by atoms with E-state index in [1.54, 1.807) is 0 Å². The van der Waals surface area contributed by atoms with E-state index in [1.165, 1.54) is 10.9 Å². The molecule has 0 saturated heterocycles. The van der Waals surface area contributed by atoms with E-state index in [0.717, 1.165) is 23.9 Å². The largest absolute Gasteiger partial charge is 0.347 e. The normalized spacial score (nSPS) is 11.7. The maximum atomic E-state index is 9.00. The summed E-state index contributed by atoms with van der Waals surface area (Å²) in [5, 5.41) is 10.3. The quantitative estimate of drug-likeness (QED) is 0.802. The fraction of sp³-hybridized carbons (Fsp3) is 0.400. The third-order valence-corrected chi connectivity index (χ3v) is 3.73. The molecule has 18 heavy (non-hydrogen) atoms. The van der Waals surface area contributed by atoms with Crippen molar-refractivity contribution in [3.05, 3.63) is 34.9 Å². The van der Waals surface area contributed by atoms with Gasteiger partial charge in [0.2, 0.25) is 0 Å². The lowest BCUT2D eigenvalue weighted by Crippen LogP contribution is -2.09. The van der Waals surface area contributed by atoms with Gasteiger partial charge in [-0.05, 0) is 50.3 Å². The van der Waals surface area contributed by atoms with Gasteiger partial charge in [0.15, 0.2) is 0 Å². The molecule has 0 bridgehead atoms. The van der Waals surface area contributed by atoms with Crippen LogP contribution in [0.4, 0.5) is 0 Å². The molecule has 2 rings (SSSR count). The van der Waals surface area contributed by atoms with Gasteiger partial charge in [0.25, 0.3) is 0 Å². The molecule has 0 N–H and O–H groups in total. The third-order valence-electron chi connectivity index (χ3n) is 3.24. The Bertz CT molecular complexity index is 590. The van der Waals surface area contributed by atoms with Crippen LogP contribution in [0.3, 0.4) is 0 Å². The van der Waals surface area contributed by atoms with Crippen molar-refractivity contribution < 1.29 is 0 Å². The molecule has 3 heteroatoms. The Morgan fingerprint density at radius 2 is 2.11 bits per heavy atom. The second-order valence-corrected chi connectivity index (χ2v) is 6.23. The number of fused-ring (bicyclic) bond motifs is 1. The molecule has 94 valence electrons. The fourth-order valence-electron chi connectivity index (χ4n) is 2.10. The zero-order chi connectivity index (χ0) is 13.2. The molecule has 0 saturated carbocycles. The molecule has 1 aromatic carbocycles. The molecule has 1 heterocycles. The third kappa shape index (κ3) is 2.94. The molecule has 0 atom stereocenters. The predicted molar refractivity (Wildman–Crippen MR) is 78.3 cm³/mol. The molecule has 0 aliphatic rings. The zero-order valence-electron chi connectivity index (χ0n) is 10.8. The van der Waals surface area contributed by atoms with Gasteiger partial charge in [0.05, 0.1) is 11.5 Å². The number of benzene rings is 1. The first kappa shape index (κ1) is 13.2. The van der Waals surface area contributed by atoms with Crippen LogP contribution < -0.4 is 0 Å². The van der Waals surface area contributed by atoms with E-state index < -0.39 is 0 Å². The standard InChI is InChI=1S/C15H17BrN2/c1-15(2,11-17)7-3-8-18-9-6-12-4-5-13(16)10-14(12)18/h4-6,9-10H,3,7-8H2,1-2H3. The second kappa shape index (κ2) is 5.16. The maximum absolute atomic E-state index is 9.00. The minimum Gasteiger partial charge on any atom is -0.347 e. The fourth-order valence-corrected chi connectivity index (χ4v) is 2.45. The number of hydrogen-bond acceptors (Lipinski definition) is 1. The van der Waals surface area contributed by atoms with Gasteiger partial charge in [-0.25, -0.2) is 0 Å². The predicted octanol–water partition coefficient (Wildman–Crippen LogP) is 4.73. The summed E-state index contributed by atoms with van der Waals surface area (Å²) >= 11 is 3.51. The lowest BCUT2D eigenvalue weighted by atomic mass is 9.90. The first-order valence-corrected chi connectivity index (χ1v) is 6.97. The van der Waals surface area contributed by atoms with Crippen molar-refractivity contribution in [3.63, 3.8) is 0 Å². The summed E-state index contributed by atoms with van der Waals surface area (Å²) in [6.07, 6.45) is 4.07. The van der Waals surface area contributed by atoms with Crippen molar-refractivity contribution >= 4 is 26.8 Å². The van der Waals surface area contributed by atoms with Gasteiger partial charge >= 0.3 is 0 Å². The van der Waals surface area contributed by atoms with Crippen LogP contribution in [0.5, 0.6) is 0 Å². The summed E-state index contributed by atoms with van der Waals surface area (Å²) in [4.78, 5) is 0. The van der Waals surface area contributed by atoms with Crippen LogP contribution in [0, 0.1) is 16.7 Å². The van der Waals surface area contributed by atoms with Crippen molar-refractivity contribution in [3.8, 4) is 6.07 Å². The first-order chi connectivity index (χ1) is 8.52. The molecule has 0 aliphatic carbocycles. The highest BCUT2D eigenvalue weighted by molar-refractivity contribution is 9.10. The molecule has 1 aromatic heterocycles. The Balaban J connectivity index is 2.09. The van der Waals surface area contributed by atoms with Crippen molar-refractivity contribution in [2.45, 2.75) is 33.2 Å². The van der Waals surface area contributed by atoms with Crippen molar-refractivity contribution in [1.82, 2.24) is 4.57 Å². The van der Waals surface area contributed by atoms with Gasteiger partial charge in [-0.1, -0.05) is 22.0 Å². The summed E-state index contributed by atoms with van der Waals surface area (Å²) in [7, 11) is 0. The summed E-state index contributed by atoms with van der Waals surface area (Å²) in [5.41, 5.74) is 1.03. The van der Waals surface area contributed by atoms with E-state index in [9.17, 15) is 0 Å². The summed E-state index contributed by atoms with van der Waals surface area (Å²) < 4.78 is 3.36. The van der Waals surface area contributed by atoms with Gasteiger partial charge in [-0.15, -0.1) is 0 Å². The summed E-state index contributed by atoms with van der Waals surface area (Å²) in [6.45, 7) is 4.96. The first-order valence-electron chi connectivity index (χ1n) is 6.17. The smallest absolute Gasteiger partial charge is 0.0683 e. The van der Waals surface area contributed by atoms with Crippen molar-refractivity contribution in [1.29, 1.82) is 5.26 Å². The van der Waals surface area contributed by atoms with Crippen LogP contribution in [0.15, 0.2) is 34.9 Å². The maximum Gasteiger partial charge on any atom is 0.0683 e. The molecule has 0 amide bonds. The van der Waals surface area contributed by atoms with Crippen LogP contribution in [0.1, 0.15) is 26.7 Å². The SMILES string of the molecule is CC(C)(C#N)CCCn1ccc2ccc(Br)cc21. The number of hydrogen-bond donors (Lipinski definition) is 0. The highest BCUT2D eigenvalue weighted by Gasteiger charge is 2.15. The second-order valence-electron chi connectivity index (χ2n) is 5.31. The number of aryl methyl sites for hydroxylation is 1. The van der Waals surface area contributed by atoms with E-state index in [0.29, 0.717) is 0 Å². The van der Waals surface area contributed by atoms with Crippen LogP contribution in [0.2, 0.25) is 0 Å². The molecular weight excluding hydrogens is 288 g/mol. The van der Waals surface area contributed by atoms with Gasteiger partial charge < -0.3 is 4.57 Å². The monoisotopic (exact) mass is 304 g/mol. The number of aromatic nitrogens is 1. The minimum absolute atomic E-state index is 0.219. The molecular formula is C15H17BrN2. The molecule has 0 radical (unpaired) electrons. The molecule has 0 fully saturated rings. The van der Waals surface area contributed by atoms with Crippen LogP contribution in [0.25, 0.3) is 10.9 Å². The number of halogens is 1. The minimum atomic E-state index is -0.219. The van der Waals surface area contributed by atoms with Gasteiger partial charge in [-0.2, -0.15) is 5.26 Å². The average molecular weight is 305 g/mol. The average Bonchev–Trinajstić information content (AvgIpc) is 2.72. The summed E-state index contributed by atoms with van der Waals surface area (Å²) in [6, 6.07) is 10.8.